The van der Waals surface area contributed by atoms with Crippen molar-refractivity contribution in [3.8, 4) is 0 Å². The third-order valence-corrected chi connectivity index (χ3v) is 8.59. The number of hydrogen-bond donors (Lipinski definition) is 2. The molecule has 2 bridgehead atoms. The average Bonchev–Trinajstić information content (AvgIpc) is 2.76. The van der Waals surface area contributed by atoms with E-state index in [4.69, 9.17) is 0 Å². The molecule has 0 aliphatic heterocycles. The van der Waals surface area contributed by atoms with Gasteiger partial charge in [-0.25, -0.2) is 0 Å². The Morgan fingerprint density at radius 2 is 1.68 bits per heavy atom. The van der Waals surface area contributed by atoms with Crippen molar-refractivity contribution in [2.24, 2.45) is 33.5 Å². The molecule has 4 aliphatic rings. The summed E-state index contributed by atoms with van der Waals surface area (Å²) in [6, 6.07) is 0. The van der Waals surface area contributed by atoms with Crippen molar-refractivity contribution in [1.29, 1.82) is 0 Å². The van der Waals surface area contributed by atoms with Crippen LogP contribution in [0.3, 0.4) is 0 Å². The van der Waals surface area contributed by atoms with E-state index in [-0.39, 0.29) is 16.9 Å². The van der Waals surface area contributed by atoms with Gasteiger partial charge in [0.25, 0.3) is 0 Å². The first-order valence-electron chi connectivity index (χ1n) is 9.27. The second kappa shape index (κ2) is 4.39. The molecule has 2 N–H and O–H groups in total. The molecule has 6 unspecified atom stereocenters. The Hall–Kier alpha value is -0.340. The van der Waals surface area contributed by atoms with Crippen LogP contribution in [0.5, 0.6) is 0 Å². The molecule has 3 saturated carbocycles. The first kappa shape index (κ1) is 15.2. The number of rotatable bonds is 1. The summed E-state index contributed by atoms with van der Waals surface area (Å²) in [5, 5.41) is 20.4. The zero-order chi connectivity index (χ0) is 15.8. The fourth-order valence-corrected chi connectivity index (χ4v) is 7.37. The lowest BCUT2D eigenvalue weighted by Crippen LogP contribution is -2.59. The van der Waals surface area contributed by atoms with Gasteiger partial charge in [0.05, 0.1) is 12.7 Å². The predicted molar refractivity (Wildman–Crippen MR) is 88.3 cm³/mol. The van der Waals surface area contributed by atoms with E-state index in [1.165, 1.54) is 32.1 Å². The molecular formula is C20H32O2. The third kappa shape index (κ3) is 1.69. The van der Waals surface area contributed by atoms with Crippen molar-refractivity contribution in [1.82, 2.24) is 0 Å². The van der Waals surface area contributed by atoms with Crippen LogP contribution in [-0.2, 0) is 0 Å². The summed E-state index contributed by atoms with van der Waals surface area (Å²) in [7, 11) is 0. The van der Waals surface area contributed by atoms with Crippen molar-refractivity contribution in [3.63, 3.8) is 0 Å². The molecule has 2 heteroatoms. The molecule has 4 aliphatic carbocycles. The van der Waals surface area contributed by atoms with Crippen molar-refractivity contribution in [3.05, 3.63) is 12.2 Å². The summed E-state index contributed by atoms with van der Waals surface area (Å²) in [4.78, 5) is 0. The van der Waals surface area contributed by atoms with Crippen LogP contribution in [0.25, 0.3) is 0 Å². The Kier molecular flexibility index (Phi) is 3.03. The topological polar surface area (TPSA) is 40.5 Å². The van der Waals surface area contributed by atoms with Gasteiger partial charge in [0.1, 0.15) is 0 Å². The third-order valence-electron chi connectivity index (χ3n) is 8.59. The summed E-state index contributed by atoms with van der Waals surface area (Å²) in [5.74, 6) is 1.37. The molecule has 0 aromatic carbocycles. The summed E-state index contributed by atoms with van der Waals surface area (Å²) in [6.07, 6.45) is 12.9. The van der Waals surface area contributed by atoms with Gasteiger partial charge in [-0.2, -0.15) is 0 Å². The van der Waals surface area contributed by atoms with E-state index >= 15 is 0 Å². The molecule has 0 amide bonds. The van der Waals surface area contributed by atoms with E-state index in [0.717, 1.165) is 18.8 Å². The van der Waals surface area contributed by atoms with Crippen molar-refractivity contribution >= 4 is 0 Å². The molecule has 0 radical (unpaired) electrons. The van der Waals surface area contributed by atoms with Crippen molar-refractivity contribution in [2.45, 2.75) is 71.8 Å². The van der Waals surface area contributed by atoms with Crippen LogP contribution in [0.15, 0.2) is 12.2 Å². The quantitative estimate of drug-likeness (QED) is 0.721. The highest BCUT2D eigenvalue weighted by molar-refractivity contribution is 5.26. The standard InChI is InChI=1S/C20H32O2/c1-17(2)14-5-9-20-11-10-19(12-20,13-21)8-4-15(20)18(14,3)7-6-16(17)22/h10-11,14-16,21-22H,4-9,12-13H2,1-3H3. The van der Waals surface area contributed by atoms with Gasteiger partial charge in [0.15, 0.2) is 0 Å². The van der Waals surface area contributed by atoms with Crippen LogP contribution in [0.4, 0.5) is 0 Å². The molecule has 22 heavy (non-hydrogen) atoms. The minimum atomic E-state index is -0.140. The van der Waals surface area contributed by atoms with E-state index in [1.54, 1.807) is 0 Å². The number of allylic oxidation sites excluding steroid dienone is 1. The van der Waals surface area contributed by atoms with Crippen LogP contribution < -0.4 is 0 Å². The van der Waals surface area contributed by atoms with Crippen molar-refractivity contribution < 1.29 is 10.2 Å². The largest absolute Gasteiger partial charge is 0.395 e. The first-order chi connectivity index (χ1) is 10.3. The van der Waals surface area contributed by atoms with Gasteiger partial charge in [-0.1, -0.05) is 32.9 Å². The average molecular weight is 304 g/mol. The Balaban J connectivity index is 1.72. The predicted octanol–water partition coefficient (Wildman–Crippen LogP) is 3.92. The lowest BCUT2D eigenvalue weighted by Gasteiger charge is -2.65. The molecule has 124 valence electrons. The van der Waals surface area contributed by atoms with E-state index < -0.39 is 0 Å². The zero-order valence-corrected chi connectivity index (χ0v) is 14.4. The van der Waals surface area contributed by atoms with Gasteiger partial charge in [-0.3, -0.25) is 0 Å². The van der Waals surface area contributed by atoms with Gasteiger partial charge < -0.3 is 10.2 Å². The number of aliphatic hydroxyl groups excluding tert-OH is 2. The van der Waals surface area contributed by atoms with E-state index in [0.29, 0.717) is 23.4 Å². The SMILES string of the molecule is CC1(C)C(O)CCC2(C)C3CCC4(CO)C=CC3(CCC12)C4. The summed E-state index contributed by atoms with van der Waals surface area (Å²) < 4.78 is 0. The van der Waals surface area contributed by atoms with Crippen LogP contribution in [0.2, 0.25) is 0 Å². The second-order valence-corrected chi connectivity index (χ2v) is 9.83. The molecule has 0 aromatic heterocycles. The van der Waals surface area contributed by atoms with Gasteiger partial charge >= 0.3 is 0 Å². The maximum Gasteiger partial charge on any atom is 0.0594 e. The minimum Gasteiger partial charge on any atom is -0.395 e. The zero-order valence-electron chi connectivity index (χ0n) is 14.4. The summed E-state index contributed by atoms with van der Waals surface area (Å²) in [5.41, 5.74) is 0.827. The lowest BCUT2D eigenvalue weighted by atomic mass is 9.40. The molecule has 6 atom stereocenters. The summed E-state index contributed by atoms with van der Waals surface area (Å²) >= 11 is 0. The molecule has 0 saturated heterocycles. The van der Waals surface area contributed by atoms with Crippen LogP contribution >= 0.6 is 0 Å². The fourth-order valence-electron chi connectivity index (χ4n) is 7.37. The molecule has 0 aromatic rings. The summed E-state index contributed by atoms with van der Waals surface area (Å²) in [6.45, 7) is 7.43. The molecule has 1 spiro atoms. The highest BCUT2D eigenvalue weighted by Gasteiger charge is 2.64. The van der Waals surface area contributed by atoms with Crippen LogP contribution in [-0.4, -0.2) is 22.9 Å². The van der Waals surface area contributed by atoms with Gasteiger partial charge in [0, 0.05) is 5.41 Å². The Morgan fingerprint density at radius 1 is 0.955 bits per heavy atom. The fraction of sp³-hybridized carbons (Fsp3) is 0.900. The molecule has 0 heterocycles. The smallest absolute Gasteiger partial charge is 0.0594 e. The molecule has 3 fully saturated rings. The Bertz CT molecular complexity index is 510. The van der Waals surface area contributed by atoms with Crippen LogP contribution in [0, 0.1) is 33.5 Å². The number of aliphatic hydroxyl groups is 2. The van der Waals surface area contributed by atoms with Gasteiger partial charge in [-0.15, -0.1) is 0 Å². The molecule has 4 rings (SSSR count). The molecular weight excluding hydrogens is 272 g/mol. The highest BCUT2D eigenvalue weighted by atomic mass is 16.3. The van der Waals surface area contributed by atoms with E-state index in [2.05, 4.69) is 32.9 Å². The second-order valence-electron chi connectivity index (χ2n) is 9.83. The molecule has 2 nitrogen and oxygen atoms in total. The van der Waals surface area contributed by atoms with Gasteiger partial charge in [0.2, 0.25) is 0 Å². The van der Waals surface area contributed by atoms with E-state index in [9.17, 15) is 10.2 Å². The Morgan fingerprint density at radius 3 is 2.41 bits per heavy atom. The van der Waals surface area contributed by atoms with Gasteiger partial charge in [-0.05, 0) is 73.0 Å². The van der Waals surface area contributed by atoms with Crippen molar-refractivity contribution in [2.75, 3.05) is 6.61 Å². The first-order valence-corrected chi connectivity index (χ1v) is 9.27. The number of fused-ring (bicyclic) bond motifs is 3. The maximum absolute atomic E-state index is 10.5. The van der Waals surface area contributed by atoms with Crippen LogP contribution in [0.1, 0.15) is 65.7 Å². The minimum absolute atomic E-state index is 0.0441. The highest BCUT2D eigenvalue weighted by Crippen LogP contribution is 2.71. The Labute approximate surface area is 135 Å². The monoisotopic (exact) mass is 304 g/mol. The lowest BCUT2D eigenvalue weighted by molar-refractivity contribution is -0.179. The normalized spacial score (nSPS) is 55.6. The number of hydrogen-bond acceptors (Lipinski definition) is 2. The maximum atomic E-state index is 10.5. The van der Waals surface area contributed by atoms with E-state index in [1.807, 2.05) is 0 Å².